The molecule has 1 amide bonds. The Balaban J connectivity index is 1.72. The molecule has 0 fully saturated rings. The summed E-state index contributed by atoms with van der Waals surface area (Å²) in [5.41, 5.74) is 1.91. The van der Waals surface area contributed by atoms with Gasteiger partial charge in [-0.25, -0.2) is 13.4 Å². The zero-order chi connectivity index (χ0) is 18.1. The van der Waals surface area contributed by atoms with E-state index in [9.17, 15) is 13.2 Å². The molecule has 0 unspecified atom stereocenters. The van der Waals surface area contributed by atoms with Gasteiger partial charge in [-0.2, -0.15) is 4.31 Å². The molecule has 134 valence electrons. The summed E-state index contributed by atoms with van der Waals surface area (Å²) in [5, 5.41) is 6.67. The average Bonchev–Trinajstić information content (AvgIpc) is 3.34. The number of anilines is 1. The highest BCUT2D eigenvalue weighted by molar-refractivity contribution is 7.91. The van der Waals surface area contributed by atoms with E-state index in [-0.39, 0.29) is 16.7 Å². The van der Waals surface area contributed by atoms with Crippen LogP contribution in [0.2, 0.25) is 0 Å². The van der Waals surface area contributed by atoms with Crippen LogP contribution in [0.3, 0.4) is 0 Å². The van der Waals surface area contributed by atoms with Crippen molar-refractivity contribution >= 4 is 43.7 Å². The molecule has 26 heavy (non-hydrogen) atoms. The number of rotatable bonds is 4. The summed E-state index contributed by atoms with van der Waals surface area (Å²) in [6, 6.07) is 10.1. The van der Waals surface area contributed by atoms with Crippen molar-refractivity contribution in [2.45, 2.75) is 23.2 Å². The molecule has 1 aliphatic heterocycles. The fraction of sp³-hybridized carbons (Fsp3) is 0.176. The number of nitrogens with zero attached hydrogens (tertiary/aromatic N) is 2. The molecule has 1 N–H and O–H groups in total. The van der Waals surface area contributed by atoms with Gasteiger partial charge in [-0.05, 0) is 29.0 Å². The Kier molecular flexibility index (Phi) is 4.62. The predicted octanol–water partition coefficient (Wildman–Crippen LogP) is 2.96. The Labute approximate surface area is 159 Å². The van der Waals surface area contributed by atoms with Gasteiger partial charge in [-0.15, -0.1) is 22.7 Å². The van der Waals surface area contributed by atoms with E-state index in [0.717, 1.165) is 22.5 Å². The quantitative estimate of drug-likeness (QED) is 0.724. The summed E-state index contributed by atoms with van der Waals surface area (Å²) in [4.78, 5) is 16.9. The number of amides is 1. The van der Waals surface area contributed by atoms with Gasteiger partial charge in [0.15, 0.2) is 5.13 Å². The van der Waals surface area contributed by atoms with Crippen molar-refractivity contribution < 1.29 is 13.2 Å². The average molecular weight is 406 g/mol. The minimum atomic E-state index is -3.76. The number of hydrogen-bond donors (Lipinski definition) is 1. The van der Waals surface area contributed by atoms with Gasteiger partial charge in [0, 0.05) is 18.1 Å². The van der Waals surface area contributed by atoms with E-state index < -0.39 is 16.1 Å². The molecule has 4 rings (SSSR count). The van der Waals surface area contributed by atoms with Crippen molar-refractivity contribution in [1.29, 1.82) is 0 Å². The summed E-state index contributed by atoms with van der Waals surface area (Å²) in [5.74, 6) is -0.366. The first kappa shape index (κ1) is 17.3. The second-order valence-electron chi connectivity index (χ2n) is 5.80. The third-order valence-corrected chi connectivity index (χ3v) is 8.14. The Hall–Kier alpha value is -2.07. The molecule has 1 aromatic carbocycles. The van der Waals surface area contributed by atoms with E-state index >= 15 is 0 Å². The maximum Gasteiger partial charge on any atom is 0.253 e. The molecule has 2 aromatic heterocycles. The lowest BCUT2D eigenvalue weighted by molar-refractivity contribution is -0.120. The molecule has 3 aromatic rings. The lowest BCUT2D eigenvalue weighted by Crippen LogP contribution is -2.50. The minimum Gasteiger partial charge on any atom is -0.301 e. The van der Waals surface area contributed by atoms with Crippen molar-refractivity contribution in [3.63, 3.8) is 0 Å². The highest BCUT2D eigenvalue weighted by Gasteiger charge is 2.40. The topological polar surface area (TPSA) is 79.4 Å². The van der Waals surface area contributed by atoms with Crippen LogP contribution >= 0.6 is 22.7 Å². The van der Waals surface area contributed by atoms with Crippen molar-refractivity contribution in [1.82, 2.24) is 9.29 Å². The Morgan fingerprint density at radius 2 is 1.92 bits per heavy atom. The lowest BCUT2D eigenvalue weighted by Gasteiger charge is -2.34. The van der Waals surface area contributed by atoms with Crippen LogP contribution in [-0.4, -0.2) is 29.7 Å². The molecule has 3 heterocycles. The van der Waals surface area contributed by atoms with E-state index in [4.69, 9.17) is 0 Å². The fourth-order valence-corrected chi connectivity index (χ4v) is 6.19. The molecule has 1 aliphatic rings. The standard InChI is InChI=1S/C17H15N3O3S3/c21-16(19-17-18-7-9-25-17)14-10-12-4-1-2-5-13(12)11-20(14)26(22,23)15-6-3-8-24-15/h1-9,14H,10-11H2,(H,18,19,21)/t14-/m0/s1. The smallest absolute Gasteiger partial charge is 0.253 e. The zero-order valence-corrected chi connectivity index (χ0v) is 16.0. The van der Waals surface area contributed by atoms with Crippen LogP contribution < -0.4 is 5.32 Å². The summed E-state index contributed by atoms with van der Waals surface area (Å²) >= 11 is 2.45. The van der Waals surface area contributed by atoms with Gasteiger partial charge >= 0.3 is 0 Å². The Bertz CT molecular complexity index is 1010. The number of fused-ring (bicyclic) bond motifs is 1. The molecule has 0 saturated heterocycles. The summed E-state index contributed by atoms with van der Waals surface area (Å²) in [6.45, 7) is 0.173. The maximum atomic E-state index is 13.1. The minimum absolute atomic E-state index is 0.173. The van der Waals surface area contributed by atoms with Crippen LogP contribution in [0.25, 0.3) is 0 Å². The monoisotopic (exact) mass is 405 g/mol. The zero-order valence-electron chi connectivity index (χ0n) is 13.5. The van der Waals surface area contributed by atoms with Gasteiger partial charge in [0.1, 0.15) is 10.3 Å². The van der Waals surface area contributed by atoms with Gasteiger partial charge in [0.05, 0.1) is 0 Å². The highest BCUT2D eigenvalue weighted by Crippen LogP contribution is 2.31. The molecule has 9 heteroatoms. The van der Waals surface area contributed by atoms with Gasteiger partial charge in [-0.1, -0.05) is 30.3 Å². The third-order valence-electron chi connectivity index (χ3n) is 4.23. The predicted molar refractivity (Wildman–Crippen MR) is 102 cm³/mol. The lowest BCUT2D eigenvalue weighted by atomic mass is 9.95. The second-order valence-corrected chi connectivity index (χ2v) is 9.76. The molecule has 0 aliphatic carbocycles. The Morgan fingerprint density at radius 3 is 2.62 bits per heavy atom. The first-order chi connectivity index (χ1) is 12.6. The van der Waals surface area contributed by atoms with Crippen LogP contribution in [-0.2, 0) is 27.8 Å². The number of hydrogen-bond acceptors (Lipinski definition) is 6. The molecule has 0 radical (unpaired) electrons. The third kappa shape index (κ3) is 3.18. The number of thiophene rings is 1. The SMILES string of the molecule is O=C(Nc1nccs1)[C@@H]1Cc2ccccc2CN1S(=O)(=O)c1cccs1. The molecule has 0 saturated carbocycles. The van der Waals surface area contributed by atoms with Gasteiger partial charge in [0.2, 0.25) is 5.91 Å². The number of sulfonamides is 1. The van der Waals surface area contributed by atoms with Gasteiger partial charge < -0.3 is 5.32 Å². The van der Waals surface area contributed by atoms with Gasteiger partial charge in [-0.3, -0.25) is 4.79 Å². The molecular weight excluding hydrogens is 390 g/mol. The molecule has 0 spiro atoms. The van der Waals surface area contributed by atoms with E-state index in [2.05, 4.69) is 10.3 Å². The van der Waals surface area contributed by atoms with E-state index in [1.807, 2.05) is 24.3 Å². The first-order valence-corrected chi connectivity index (χ1v) is 11.1. The second kappa shape index (κ2) is 6.92. The van der Waals surface area contributed by atoms with Crippen molar-refractivity contribution in [3.8, 4) is 0 Å². The highest BCUT2D eigenvalue weighted by atomic mass is 32.2. The van der Waals surface area contributed by atoms with Crippen LogP contribution in [0.5, 0.6) is 0 Å². The molecule has 1 atom stereocenters. The van der Waals surface area contributed by atoms with Crippen LogP contribution in [0.15, 0.2) is 57.6 Å². The molecule has 0 bridgehead atoms. The number of carbonyl (C=O) groups is 1. The summed E-state index contributed by atoms with van der Waals surface area (Å²) in [7, 11) is -3.76. The maximum absolute atomic E-state index is 13.1. The van der Waals surface area contributed by atoms with E-state index in [1.54, 1.807) is 29.1 Å². The summed E-state index contributed by atoms with van der Waals surface area (Å²) < 4.78 is 27.8. The number of thiazole rings is 1. The van der Waals surface area contributed by atoms with Crippen molar-refractivity contribution in [2.75, 3.05) is 5.32 Å². The normalized spacial score (nSPS) is 17.6. The van der Waals surface area contributed by atoms with E-state index in [0.29, 0.717) is 11.6 Å². The number of aromatic nitrogens is 1. The van der Waals surface area contributed by atoms with Crippen LogP contribution in [0.4, 0.5) is 5.13 Å². The van der Waals surface area contributed by atoms with E-state index in [1.165, 1.54) is 15.6 Å². The van der Waals surface area contributed by atoms with Crippen LogP contribution in [0, 0.1) is 0 Å². The van der Waals surface area contributed by atoms with Crippen LogP contribution in [0.1, 0.15) is 11.1 Å². The van der Waals surface area contributed by atoms with Crippen molar-refractivity contribution in [2.24, 2.45) is 0 Å². The van der Waals surface area contributed by atoms with Crippen molar-refractivity contribution in [3.05, 3.63) is 64.5 Å². The Morgan fingerprint density at radius 1 is 1.12 bits per heavy atom. The summed E-state index contributed by atoms with van der Waals surface area (Å²) in [6.07, 6.45) is 1.93. The largest absolute Gasteiger partial charge is 0.301 e. The fourth-order valence-electron chi connectivity index (χ4n) is 2.97. The number of carbonyl (C=O) groups excluding carboxylic acids is 1. The molecular formula is C17H15N3O3S3. The van der Waals surface area contributed by atoms with Gasteiger partial charge in [0.25, 0.3) is 10.0 Å². The first-order valence-electron chi connectivity index (χ1n) is 7.88. The molecule has 6 nitrogen and oxygen atoms in total. The number of nitrogens with one attached hydrogen (secondary N) is 1. The number of benzene rings is 1.